The number of rotatable bonds is 2. The third kappa shape index (κ3) is 353. The second kappa shape index (κ2) is 14.3. The lowest BCUT2D eigenvalue weighted by atomic mass is 10.4. The molecular formula is C6H18O6S. The third-order valence-electron chi connectivity index (χ3n) is 0.600. The van der Waals surface area contributed by atoms with Gasteiger partial charge in [-0.15, -0.1) is 0 Å². The number of hydrogen-bond donors (Lipinski definition) is 4. The first-order valence-electron chi connectivity index (χ1n) is 3.75. The van der Waals surface area contributed by atoms with Gasteiger partial charge in [-0.05, 0) is 0 Å². The van der Waals surface area contributed by atoms with Gasteiger partial charge in [0, 0.05) is 0 Å². The van der Waals surface area contributed by atoms with E-state index in [1.165, 1.54) is 12.8 Å². The number of unbranched alkanes of at least 4 members (excludes halogenated alkanes) is 1. The van der Waals surface area contributed by atoms with Crippen LogP contribution in [0.2, 0.25) is 0 Å². The van der Waals surface area contributed by atoms with E-state index in [1.807, 2.05) is 0 Å². The molecule has 6 nitrogen and oxygen atoms in total. The van der Waals surface area contributed by atoms with Crippen LogP contribution in [0.3, 0.4) is 0 Å². The van der Waals surface area contributed by atoms with Crippen LogP contribution < -0.4 is 0 Å². The van der Waals surface area contributed by atoms with Crippen LogP contribution in [0, 0.1) is 0 Å². The zero-order valence-electron chi connectivity index (χ0n) is 7.84. The average molecular weight is 218 g/mol. The Kier molecular flexibility index (Phi) is 20.4. The summed E-state index contributed by atoms with van der Waals surface area (Å²) in [6, 6.07) is 0. The molecule has 0 aromatic carbocycles. The van der Waals surface area contributed by atoms with Crippen molar-refractivity contribution in [2.45, 2.75) is 26.7 Å². The van der Waals surface area contributed by atoms with Gasteiger partial charge in [0.2, 0.25) is 0 Å². The molecule has 0 aliphatic heterocycles. The lowest BCUT2D eigenvalue weighted by molar-refractivity contribution is 0.186. The molecule has 0 heterocycles. The quantitative estimate of drug-likeness (QED) is 0.489. The zero-order valence-corrected chi connectivity index (χ0v) is 8.66. The van der Waals surface area contributed by atoms with Crippen molar-refractivity contribution in [1.82, 2.24) is 0 Å². The van der Waals surface area contributed by atoms with E-state index in [2.05, 4.69) is 13.8 Å². The molecule has 0 spiro atoms. The molecule has 0 aromatic rings. The van der Waals surface area contributed by atoms with E-state index >= 15 is 0 Å². The van der Waals surface area contributed by atoms with Crippen LogP contribution >= 0.6 is 0 Å². The Morgan fingerprint density at radius 2 is 1.08 bits per heavy atom. The molecule has 0 aliphatic rings. The molecule has 0 saturated heterocycles. The van der Waals surface area contributed by atoms with Crippen molar-refractivity contribution >= 4 is 10.4 Å². The second-order valence-electron chi connectivity index (χ2n) is 1.90. The fraction of sp³-hybridized carbons (Fsp3) is 1.00. The first kappa shape index (κ1) is 18.5. The van der Waals surface area contributed by atoms with Gasteiger partial charge in [0.15, 0.2) is 0 Å². The summed E-state index contributed by atoms with van der Waals surface area (Å²) in [5.41, 5.74) is 0. The SMILES string of the molecule is CCCC.O=S(=O)(O)O.OCCO. The predicted octanol–water partition coefficient (Wildman–Crippen LogP) is 0.125. The summed E-state index contributed by atoms with van der Waals surface area (Å²) in [6.45, 7) is 4.11. The molecule has 0 bridgehead atoms. The fourth-order valence-corrected chi connectivity index (χ4v) is 0. The van der Waals surface area contributed by atoms with Crippen molar-refractivity contribution in [2.75, 3.05) is 13.2 Å². The van der Waals surface area contributed by atoms with Crippen LogP contribution in [0.5, 0.6) is 0 Å². The van der Waals surface area contributed by atoms with Gasteiger partial charge in [0.25, 0.3) is 0 Å². The zero-order chi connectivity index (χ0) is 11.3. The van der Waals surface area contributed by atoms with Crippen LogP contribution in [0.15, 0.2) is 0 Å². The van der Waals surface area contributed by atoms with Gasteiger partial charge < -0.3 is 10.2 Å². The molecule has 0 saturated carbocycles. The van der Waals surface area contributed by atoms with Crippen molar-refractivity contribution in [2.24, 2.45) is 0 Å². The maximum atomic E-state index is 8.74. The molecule has 0 rings (SSSR count). The van der Waals surface area contributed by atoms with Gasteiger partial charge in [-0.1, -0.05) is 26.7 Å². The van der Waals surface area contributed by atoms with Gasteiger partial charge in [-0.3, -0.25) is 9.11 Å². The minimum absolute atomic E-state index is 0.125. The van der Waals surface area contributed by atoms with Gasteiger partial charge in [0.1, 0.15) is 0 Å². The van der Waals surface area contributed by atoms with E-state index in [1.54, 1.807) is 0 Å². The Labute approximate surface area is 78.8 Å². The first-order chi connectivity index (χ1) is 5.83. The highest BCUT2D eigenvalue weighted by Gasteiger charge is 1.84. The molecule has 0 amide bonds. The summed E-state index contributed by atoms with van der Waals surface area (Å²) >= 11 is 0. The molecule has 0 atom stereocenters. The van der Waals surface area contributed by atoms with E-state index < -0.39 is 10.4 Å². The Bertz CT molecular complexity index is 137. The summed E-state index contributed by atoms with van der Waals surface area (Å²) in [4.78, 5) is 0. The largest absolute Gasteiger partial charge is 0.394 e. The maximum Gasteiger partial charge on any atom is 0.394 e. The lowest BCUT2D eigenvalue weighted by Gasteiger charge is -1.70. The minimum Gasteiger partial charge on any atom is -0.394 e. The number of aliphatic hydroxyl groups excluding tert-OH is 2. The van der Waals surface area contributed by atoms with Crippen LogP contribution in [0.1, 0.15) is 26.7 Å². The van der Waals surface area contributed by atoms with Crippen molar-refractivity contribution in [1.29, 1.82) is 0 Å². The van der Waals surface area contributed by atoms with Crippen LogP contribution in [0.4, 0.5) is 0 Å². The van der Waals surface area contributed by atoms with Gasteiger partial charge in [-0.25, -0.2) is 0 Å². The summed E-state index contributed by atoms with van der Waals surface area (Å²) in [6.07, 6.45) is 2.64. The van der Waals surface area contributed by atoms with E-state index in [9.17, 15) is 0 Å². The van der Waals surface area contributed by atoms with E-state index in [0.717, 1.165) is 0 Å². The van der Waals surface area contributed by atoms with E-state index in [0.29, 0.717) is 0 Å². The Hall–Kier alpha value is -0.210. The van der Waals surface area contributed by atoms with Crippen molar-refractivity contribution in [3.05, 3.63) is 0 Å². The monoisotopic (exact) mass is 218 g/mol. The Balaban J connectivity index is -0.000000117. The first-order valence-corrected chi connectivity index (χ1v) is 5.14. The standard InChI is InChI=1S/C4H10.C2H6O2.H2O4S/c1-3-4-2;3-1-2-4;1-5(2,3)4/h3-4H2,1-2H3;3-4H,1-2H2;(H2,1,2,3,4). The van der Waals surface area contributed by atoms with Crippen molar-refractivity contribution in [3.8, 4) is 0 Å². The smallest absolute Gasteiger partial charge is 0.394 e. The van der Waals surface area contributed by atoms with Crippen molar-refractivity contribution in [3.63, 3.8) is 0 Å². The molecule has 84 valence electrons. The summed E-state index contributed by atoms with van der Waals surface area (Å²) in [5.74, 6) is 0. The van der Waals surface area contributed by atoms with E-state index in [4.69, 9.17) is 27.7 Å². The maximum absolute atomic E-state index is 8.74. The van der Waals surface area contributed by atoms with Crippen molar-refractivity contribution < 1.29 is 27.7 Å². The van der Waals surface area contributed by atoms with Crippen LogP contribution in [-0.4, -0.2) is 41.0 Å². The molecule has 0 radical (unpaired) electrons. The van der Waals surface area contributed by atoms with Gasteiger partial charge in [0.05, 0.1) is 13.2 Å². The van der Waals surface area contributed by atoms with Gasteiger partial charge in [-0.2, -0.15) is 8.42 Å². The molecule has 0 aliphatic carbocycles. The molecular weight excluding hydrogens is 200 g/mol. The van der Waals surface area contributed by atoms with Crippen LogP contribution in [0.25, 0.3) is 0 Å². The highest BCUT2D eigenvalue weighted by Crippen LogP contribution is 1.76. The molecule has 0 unspecified atom stereocenters. The molecule has 0 fully saturated rings. The molecule has 13 heavy (non-hydrogen) atoms. The summed E-state index contributed by atoms with van der Waals surface area (Å²) in [7, 11) is -4.67. The lowest BCUT2D eigenvalue weighted by Crippen LogP contribution is -1.89. The molecule has 4 N–H and O–H groups in total. The second-order valence-corrected chi connectivity index (χ2v) is 2.79. The topological polar surface area (TPSA) is 115 Å². The average Bonchev–Trinajstić information content (AvgIpc) is 2.01. The summed E-state index contributed by atoms with van der Waals surface area (Å²) < 4.78 is 31.6. The normalized spacial score (nSPS) is 9.08. The molecule has 7 heteroatoms. The van der Waals surface area contributed by atoms with Gasteiger partial charge >= 0.3 is 10.4 Å². The summed E-state index contributed by atoms with van der Waals surface area (Å²) in [5, 5.41) is 15.2. The number of hydrogen-bond acceptors (Lipinski definition) is 4. The highest BCUT2D eigenvalue weighted by molar-refractivity contribution is 7.79. The fourth-order valence-electron chi connectivity index (χ4n) is 0. The Morgan fingerprint density at radius 1 is 0.923 bits per heavy atom. The minimum atomic E-state index is -4.67. The number of aliphatic hydroxyl groups is 2. The molecule has 0 aromatic heterocycles. The third-order valence-corrected chi connectivity index (χ3v) is 0.600. The predicted molar refractivity (Wildman–Crippen MR) is 48.9 cm³/mol. The van der Waals surface area contributed by atoms with E-state index in [-0.39, 0.29) is 13.2 Å². The Morgan fingerprint density at radius 3 is 1.08 bits per heavy atom. The highest BCUT2D eigenvalue weighted by atomic mass is 32.3. The van der Waals surface area contributed by atoms with Crippen LogP contribution in [-0.2, 0) is 10.4 Å².